The zero-order chi connectivity index (χ0) is 19.0. The number of benzene rings is 1. The molecule has 0 bridgehead atoms. The Balaban J connectivity index is 0.000000705. The summed E-state index contributed by atoms with van der Waals surface area (Å²) in [7, 11) is -2.61. The molecule has 0 saturated heterocycles. The normalized spacial score (nSPS) is 15.5. The third-order valence-corrected chi connectivity index (χ3v) is 3.78. The fraction of sp³-hybridized carbons (Fsp3) is 0.533. The summed E-state index contributed by atoms with van der Waals surface area (Å²) in [4.78, 5) is 5.40. The fourth-order valence-corrected chi connectivity index (χ4v) is 2.61. The number of hydrogen-bond acceptors (Lipinski definition) is 5. The van der Waals surface area contributed by atoms with E-state index >= 15 is 0 Å². The lowest BCUT2D eigenvalue weighted by atomic mass is 10.0. The van der Waals surface area contributed by atoms with Crippen LogP contribution < -0.4 is 0 Å². The summed E-state index contributed by atoms with van der Waals surface area (Å²) < 4.78 is 62.1. The lowest BCUT2D eigenvalue weighted by molar-refractivity contribution is -0.137. The van der Waals surface area contributed by atoms with Gasteiger partial charge in [-0.3, -0.25) is 0 Å². The maximum atomic E-state index is 13.1. The minimum atomic E-state index is -4.44. The van der Waals surface area contributed by atoms with Crippen LogP contribution in [0.4, 0.5) is 13.2 Å². The van der Waals surface area contributed by atoms with E-state index in [2.05, 4.69) is 5.16 Å². The Bertz CT molecular complexity index is 708. The van der Waals surface area contributed by atoms with Crippen LogP contribution in [-0.2, 0) is 21.5 Å². The van der Waals surface area contributed by atoms with E-state index in [4.69, 9.17) is 29.6 Å². The van der Waals surface area contributed by atoms with Gasteiger partial charge in [0.15, 0.2) is 0 Å². The second-order valence-electron chi connectivity index (χ2n) is 5.33. The largest absolute Gasteiger partial charge is 0.417 e. The van der Waals surface area contributed by atoms with E-state index in [0.717, 1.165) is 31.7 Å². The van der Waals surface area contributed by atoms with Crippen molar-refractivity contribution in [3.8, 4) is 0 Å². The van der Waals surface area contributed by atoms with Crippen molar-refractivity contribution in [2.45, 2.75) is 51.3 Å². The van der Waals surface area contributed by atoms with E-state index in [1.54, 1.807) is 6.92 Å². The standard InChI is InChI=1S/C15H17ClF3NO.HNO2S/c1-2-14(20-21-11-5-3-4-6-11)12-9-10(16)7-8-13(12)15(17,18)19;1-4(2)3/h7-9,11H,2-6H2,1H3;1H/b20-14+;. The zero-order valence-corrected chi connectivity index (χ0v) is 15.0. The van der Waals surface area contributed by atoms with E-state index in [-0.39, 0.29) is 22.4 Å². The maximum absolute atomic E-state index is 13.1. The van der Waals surface area contributed by atoms with Gasteiger partial charge in [-0.2, -0.15) is 26.4 Å². The number of nitrogens with one attached hydrogen (secondary N) is 1. The molecule has 0 heterocycles. The smallest absolute Gasteiger partial charge is 0.392 e. The molecule has 1 saturated carbocycles. The fourth-order valence-electron chi connectivity index (χ4n) is 2.44. The van der Waals surface area contributed by atoms with Crippen LogP contribution in [0.25, 0.3) is 0 Å². The first-order valence-electron chi connectivity index (χ1n) is 7.55. The molecule has 0 atom stereocenters. The van der Waals surface area contributed by atoms with Crippen LogP contribution in [0.2, 0.25) is 5.02 Å². The van der Waals surface area contributed by atoms with Crippen LogP contribution in [0.5, 0.6) is 0 Å². The molecule has 25 heavy (non-hydrogen) atoms. The Morgan fingerprint density at radius 2 is 1.92 bits per heavy atom. The van der Waals surface area contributed by atoms with Gasteiger partial charge < -0.3 is 4.84 Å². The van der Waals surface area contributed by atoms with Crippen LogP contribution in [0.15, 0.2) is 23.4 Å². The van der Waals surface area contributed by atoms with E-state index < -0.39 is 22.2 Å². The minimum Gasteiger partial charge on any atom is -0.392 e. The summed E-state index contributed by atoms with van der Waals surface area (Å²) in [5.74, 6) is 0. The Kier molecular flexibility index (Phi) is 8.37. The third-order valence-electron chi connectivity index (χ3n) is 3.55. The summed E-state index contributed by atoms with van der Waals surface area (Å²) >= 11 is 5.83. The van der Waals surface area contributed by atoms with Crippen LogP contribution in [-0.4, -0.2) is 20.2 Å². The summed E-state index contributed by atoms with van der Waals surface area (Å²) in [6.45, 7) is 1.75. The second kappa shape index (κ2) is 9.76. The summed E-state index contributed by atoms with van der Waals surface area (Å²) in [5.41, 5.74) is -0.463. The monoisotopic (exact) mass is 398 g/mol. The lowest BCUT2D eigenvalue weighted by Gasteiger charge is -2.15. The van der Waals surface area contributed by atoms with Gasteiger partial charge in [0, 0.05) is 10.6 Å². The Hall–Kier alpha value is -1.61. The van der Waals surface area contributed by atoms with Gasteiger partial charge in [-0.1, -0.05) is 23.7 Å². The molecular formula is C15H18ClF3N2O3S. The van der Waals surface area contributed by atoms with Gasteiger partial charge in [0.1, 0.15) is 6.10 Å². The van der Waals surface area contributed by atoms with Gasteiger partial charge in [0.05, 0.1) is 11.3 Å². The molecule has 10 heteroatoms. The highest BCUT2D eigenvalue weighted by molar-refractivity contribution is 7.60. The highest BCUT2D eigenvalue weighted by Gasteiger charge is 2.34. The summed E-state index contributed by atoms with van der Waals surface area (Å²) in [6, 6.07) is 3.52. The molecule has 1 aliphatic carbocycles. The second-order valence-corrected chi connectivity index (χ2v) is 6.23. The average molecular weight is 399 g/mol. The van der Waals surface area contributed by atoms with Crippen LogP contribution >= 0.6 is 11.6 Å². The van der Waals surface area contributed by atoms with Crippen molar-refractivity contribution >= 4 is 27.8 Å². The van der Waals surface area contributed by atoms with Gasteiger partial charge in [0.2, 0.25) is 0 Å². The van der Waals surface area contributed by atoms with E-state index in [9.17, 15) is 13.2 Å². The average Bonchev–Trinajstić information content (AvgIpc) is 2.99. The molecule has 1 aromatic carbocycles. The van der Waals surface area contributed by atoms with E-state index in [0.29, 0.717) is 6.42 Å². The molecule has 140 valence electrons. The van der Waals surface area contributed by atoms with Crippen molar-refractivity contribution < 1.29 is 26.4 Å². The molecule has 0 unspecified atom stereocenters. The van der Waals surface area contributed by atoms with Crippen LogP contribution in [0, 0.1) is 4.78 Å². The summed E-state index contributed by atoms with van der Waals surface area (Å²) in [6.07, 6.45) is -0.122. The number of halogens is 4. The number of hydrogen-bond donors (Lipinski definition) is 1. The van der Waals surface area contributed by atoms with Crippen molar-refractivity contribution in [1.82, 2.24) is 0 Å². The van der Waals surface area contributed by atoms with E-state index in [1.165, 1.54) is 12.1 Å². The molecule has 0 radical (unpaired) electrons. The predicted octanol–water partition coefficient (Wildman–Crippen LogP) is 5.06. The molecular weight excluding hydrogens is 381 g/mol. The van der Waals surface area contributed by atoms with Crippen LogP contribution in [0.3, 0.4) is 0 Å². The van der Waals surface area contributed by atoms with Gasteiger partial charge in [-0.05, 0) is 50.3 Å². The first kappa shape index (κ1) is 21.4. The van der Waals surface area contributed by atoms with Gasteiger partial charge >= 0.3 is 16.7 Å². The van der Waals surface area contributed by atoms with Crippen molar-refractivity contribution in [3.05, 3.63) is 34.3 Å². The van der Waals surface area contributed by atoms with Gasteiger partial charge in [-0.15, -0.1) is 0 Å². The molecule has 0 aromatic heterocycles. The molecule has 1 fully saturated rings. The Labute approximate surface area is 150 Å². The molecule has 5 nitrogen and oxygen atoms in total. The van der Waals surface area contributed by atoms with Crippen LogP contribution in [0.1, 0.15) is 50.2 Å². The molecule has 0 amide bonds. The van der Waals surface area contributed by atoms with Gasteiger partial charge in [-0.25, -0.2) is 0 Å². The Morgan fingerprint density at radius 1 is 1.36 bits per heavy atom. The van der Waals surface area contributed by atoms with E-state index in [1.807, 2.05) is 0 Å². The van der Waals surface area contributed by atoms with Crippen molar-refractivity contribution in [1.29, 1.82) is 4.78 Å². The first-order valence-corrected chi connectivity index (χ1v) is 9.00. The minimum absolute atomic E-state index is 0.00417. The maximum Gasteiger partial charge on any atom is 0.417 e. The first-order chi connectivity index (χ1) is 11.6. The number of oxime groups is 1. The lowest BCUT2D eigenvalue weighted by Crippen LogP contribution is -2.14. The highest BCUT2D eigenvalue weighted by Crippen LogP contribution is 2.34. The SMILES string of the molecule is CC/C(=N\OC1CCCC1)c1cc(Cl)ccc1C(F)(F)F.N=S(=O)=O. The molecule has 0 spiro atoms. The number of nitrogens with zero attached hydrogens (tertiary/aromatic N) is 1. The number of rotatable bonds is 4. The molecule has 0 aliphatic heterocycles. The highest BCUT2D eigenvalue weighted by atomic mass is 35.5. The topological polar surface area (TPSA) is 79.6 Å². The zero-order valence-electron chi connectivity index (χ0n) is 13.4. The summed E-state index contributed by atoms with van der Waals surface area (Å²) in [5, 5.41) is 4.22. The predicted molar refractivity (Wildman–Crippen MR) is 88.3 cm³/mol. The Morgan fingerprint density at radius 3 is 2.40 bits per heavy atom. The van der Waals surface area contributed by atoms with Gasteiger partial charge in [0.25, 0.3) is 0 Å². The molecule has 1 N–H and O–H groups in total. The third kappa shape index (κ3) is 7.43. The van der Waals surface area contributed by atoms with Crippen molar-refractivity contribution in [2.24, 2.45) is 5.16 Å². The molecule has 1 aromatic rings. The van der Waals surface area contributed by atoms with Crippen molar-refractivity contribution in [3.63, 3.8) is 0 Å². The molecule has 1 aliphatic rings. The molecule has 2 rings (SSSR count). The van der Waals surface area contributed by atoms with Crippen molar-refractivity contribution in [2.75, 3.05) is 0 Å². The number of alkyl halides is 3. The quantitative estimate of drug-likeness (QED) is 0.568.